The molecule has 0 heterocycles. The molecule has 0 aliphatic heterocycles. The maximum atomic E-state index is 6.18. The topological polar surface area (TPSA) is 9.23 Å². The monoisotopic (exact) mass is 518 g/mol. The molecular formula is C37H44NO+. The quantitative estimate of drug-likeness (QED) is 0.0974. The zero-order valence-corrected chi connectivity index (χ0v) is 24.2. The molecule has 2 nitrogen and oxygen atoms in total. The summed E-state index contributed by atoms with van der Waals surface area (Å²) < 4.78 is 7.38. The van der Waals surface area contributed by atoms with Crippen molar-refractivity contribution in [1.29, 1.82) is 0 Å². The Balaban J connectivity index is 1.62. The molecule has 0 fully saturated rings. The lowest BCUT2D eigenvalue weighted by molar-refractivity contribution is -0.923. The number of hydrogen-bond donors (Lipinski definition) is 0. The maximum Gasteiger partial charge on any atom is 0.119 e. The fourth-order valence-corrected chi connectivity index (χ4v) is 5.44. The summed E-state index contributed by atoms with van der Waals surface area (Å²) in [6.45, 7) is 14.7. The Morgan fingerprint density at radius 3 is 1.44 bits per heavy atom. The summed E-state index contributed by atoms with van der Waals surface area (Å²) in [6, 6.07) is 39.0. The van der Waals surface area contributed by atoms with Gasteiger partial charge in [-0.1, -0.05) is 103 Å². The van der Waals surface area contributed by atoms with E-state index < -0.39 is 0 Å². The third kappa shape index (κ3) is 7.28. The molecule has 4 aromatic carbocycles. The average Bonchev–Trinajstić information content (AvgIpc) is 3.00. The van der Waals surface area contributed by atoms with Crippen molar-refractivity contribution < 1.29 is 9.22 Å². The van der Waals surface area contributed by atoms with E-state index in [0.717, 1.165) is 18.8 Å². The summed E-state index contributed by atoms with van der Waals surface area (Å²) in [4.78, 5) is 0. The second-order valence-corrected chi connectivity index (χ2v) is 10.4. The zero-order chi connectivity index (χ0) is 27.5. The second kappa shape index (κ2) is 14.0. The summed E-state index contributed by atoms with van der Waals surface area (Å²) in [5.74, 6) is 0.935. The largest absolute Gasteiger partial charge is 0.494 e. The Labute approximate surface area is 236 Å². The SMILES string of the molecule is CC[N+](CC)(CC)CCCCOc1ccc(/C(=C(\c2ccccc2)c2ccc(C)cc2)c2ccccc2)cc1. The Kier molecular flexibility index (Phi) is 10.2. The highest BCUT2D eigenvalue weighted by atomic mass is 16.5. The first-order valence-electron chi connectivity index (χ1n) is 14.6. The standard InChI is InChI=1S/C37H44NO/c1-5-38(6-2,7-3)28-14-15-29-39-35-26-24-34(25-27-35)37(32-18-12-9-13-19-32)36(31-16-10-8-11-17-31)33-22-20-30(4)21-23-33/h8-13,16-27H,5-7,14-15,28-29H2,1-4H3/q+1/b37-36+. The van der Waals surface area contributed by atoms with Crippen LogP contribution in [0.15, 0.2) is 109 Å². The Morgan fingerprint density at radius 1 is 0.538 bits per heavy atom. The van der Waals surface area contributed by atoms with Gasteiger partial charge in [0.05, 0.1) is 32.8 Å². The number of nitrogens with zero attached hydrogens (tertiary/aromatic N) is 1. The van der Waals surface area contributed by atoms with Crippen LogP contribution in [0.4, 0.5) is 0 Å². The molecule has 2 heteroatoms. The van der Waals surface area contributed by atoms with Crippen LogP contribution >= 0.6 is 0 Å². The van der Waals surface area contributed by atoms with E-state index in [0.29, 0.717) is 0 Å². The molecule has 0 aliphatic rings. The highest BCUT2D eigenvalue weighted by molar-refractivity contribution is 6.04. The third-order valence-corrected chi connectivity index (χ3v) is 8.17. The number of hydrogen-bond acceptors (Lipinski definition) is 1. The minimum atomic E-state index is 0.760. The number of rotatable bonds is 13. The normalized spacial score (nSPS) is 12.2. The Hall–Kier alpha value is -3.62. The van der Waals surface area contributed by atoms with Gasteiger partial charge in [0, 0.05) is 0 Å². The summed E-state index contributed by atoms with van der Waals surface area (Å²) in [5.41, 5.74) is 8.54. The first kappa shape index (κ1) is 28.4. The minimum absolute atomic E-state index is 0.760. The molecule has 0 N–H and O–H groups in total. The predicted octanol–water partition coefficient (Wildman–Crippen LogP) is 9.04. The van der Waals surface area contributed by atoms with Crippen molar-refractivity contribution in [2.24, 2.45) is 0 Å². The molecule has 39 heavy (non-hydrogen) atoms. The number of quaternary nitrogens is 1. The van der Waals surface area contributed by atoms with Gasteiger partial charge in [-0.25, -0.2) is 0 Å². The van der Waals surface area contributed by atoms with Gasteiger partial charge in [-0.3, -0.25) is 0 Å². The van der Waals surface area contributed by atoms with Gasteiger partial charge in [-0.15, -0.1) is 0 Å². The van der Waals surface area contributed by atoms with Gasteiger partial charge < -0.3 is 9.22 Å². The fraction of sp³-hybridized carbons (Fsp3) is 0.297. The van der Waals surface area contributed by atoms with E-state index in [1.807, 2.05) is 0 Å². The number of aryl methyl sites for hydroxylation is 1. The predicted molar refractivity (Wildman–Crippen MR) is 167 cm³/mol. The lowest BCUT2D eigenvalue weighted by Crippen LogP contribution is -2.48. The molecule has 0 amide bonds. The van der Waals surface area contributed by atoms with Gasteiger partial charge in [0.25, 0.3) is 0 Å². The van der Waals surface area contributed by atoms with Crippen LogP contribution in [0.2, 0.25) is 0 Å². The van der Waals surface area contributed by atoms with Crippen LogP contribution in [0.3, 0.4) is 0 Å². The Bertz CT molecular complexity index is 1290. The molecule has 0 radical (unpaired) electrons. The first-order valence-corrected chi connectivity index (χ1v) is 14.6. The average molecular weight is 519 g/mol. The number of unbranched alkanes of at least 4 members (excludes halogenated alkanes) is 1. The molecule has 0 aliphatic carbocycles. The van der Waals surface area contributed by atoms with Crippen LogP contribution < -0.4 is 4.74 Å². The molecule has 0 bridgehead atoms. The lowest BCUT2D eigenvalue weighted by atomic mass is 9.85. The Morgan fingerprint density at radius 2 is 0.974 bits per heavy atom. The third-order valence-electron chi connectivity index (χ3n) is 8.17. The molecule has 0 saturated heterocycles. The molecule has 0 spiro atoms. The molecule has 0 atom stereocenters. The van der Waals surface area contributed by atoms with E-state index >= 15 is 0 Å². The lowest BCUT2D eigenvalue weighted by Gasteiger charge is -2.35. The summed E-state index contributed by atoms with van der Waals surface area (Å²) in [7, 11) is 0. The van der Waals surface area contributed by atoms with Gasteiger partial charge >= 0.3 is 0 Å². The van der Waals surface area contributed by atoms with Crippen LogP contribution in [0.5, 0.6) is 5.75 Å². The molecule has 202 valence electrons. The maximum absolute atomic E-state index is 6.18. The van der Waals surface area contributed by atoms with E-state index in [1.54, 1.807) is 0 Å². The number of ether oxygens (including phenoxy) is 1. The van der Waals surface area contributed by atoms with Gasteiger partial charge in [0.1, 0.15) is 5.75 Å². The van der Waals surface area contributed by atoms with Crippen molar-refractivity contribution in [2.45, 2.75) is 40.5 Å². The minimum Gasteiger partial charge on any atom is -0.494 e. The van der Waals surface area contributed by atoms with Crippen molar-refractivity contribution >= 4 is 11.1 Å². The van der Waals surface area contributed by atoms with Gasteiger partial charge in [-0.05, 0) is 86.1 Å². The van der Waals surface area contributed by atoms with Crippen molar-refractivity contribution in [3.63, 3.8) is 0 Å². The van der Waals surface area contributed by atoms with Crippen LogP contribution in [-0.4, -0.2) is 37.3 Å². The number of benzene rings is 4. The van der Waals surface area contributed by atoms with Crippen LogP contribution in [-0.2, 0) is 0 Å². The molecule has 4 rings (SSSR count). The van der Waals surface area contributed by atoms with E-state index in [2.05, 4.69) is 137 Å². The molecular weight excluding hydrogens is 474 g/mol. The van der Waals surface area contributed by atoms with Crippen molar-refractivity contribution in [2.75, 3.05) is 32.8 Å². The zero-order valence-electron chi connectivity index (χ0n) is 24.2. The van der Waals surface area contributed by atoms with E-state index in [9.17, 15) is 0 Å². The summed E-state index contributed by atoms with van der Waals surface area (Å²) >= 11 is 0. The smallest absolute Gasteiger partial charge is 0.119 e. The van der Waals surface area contributed by atoms with Gasteiger partial charge in [-0.2, -0.15) is 0 Å². The van der Waals surface area contributed by atoms with Crippen LogP contribution in [0, 0.1) is 6.92 Å². The molecule has 0 aromatic heterocycles. The van der Waals surface area contributed by atoms with E-state index in [1.165, 1.54) is 76.0 Å². The summed E-state index contributed by atoms with van der Waals surface area (Å²) in [5, 5.41) is 0. The van der Waals surface area contributed by atoms with Crippen molar-refractivity contribution in [3.05, 3.63) is 137 Å². The van der Waals surface area contributed by atoms with Crippen molar-refractivity contribution in [3.8, 4) is 5.75 Å². The highest BCUT2D eigenvalue weighted by Crippen LogP contribution is 2.37. The van der Waals surface area contributed by atoms with Gasteiger partial charge in [0.2, 0.25) is 0 Å². The molecule has 0 unspecified atom stereocenters. The van der Waals surface area contributed by atoms with Gasteiger partial charge in [0.15, 0.2) is 0 Å². The molecule has 4 aromatic rings. The second-order valence-electron chi connectivity index (χ2n) is 10.4. The van der Waals surface area contributed by atoms with Crippen LogP contribution in [0.25, 0.3) is 11.1 Å². The van der Waals surface area contributed by atoms with Crippen molar-refractivity contribution in [1.82, 2.24) is 0 Å². The van der Waals surface area contributed by atoms with E-state index in [4.69, 9.17) is 4.74 Å². The van der Waals surface area contributed by atoms with Crippen LogP contribution in [0.1, 0.15) is 61.4 Å². The first-order chi connectivity index (χ1) is 19.1. The fourth-order valence-electron chi connectivity index (χ4n) is 5.44. The molecule has 0 saturated carbocycles. The highest BCUT2D eigenvalue weighted by Gasteiger charge is 2.20. The van der Waals surface area contributed by atoms with E-state index in [-0.39, 0.29) is 0 Å². The summed E-state index contributed by atoms with van der Waals surface area (Å²) in [6.07, 6.45) is 2.29.